The summed E-state index contributed by atoms with van der Waals surface area (Å²) in [5.41, 5.74) is 1.15. The first-order valence-electron chi connectivity index (χ1n) is 10.5. The van der Waals surface area contributed by atoms with Crippen molar-refractivity contribution >= 4 is 11.9 Å². The molecule has 1 aromatic heterocycles. The van der Waals surface area contributed by atoms with Crippen LogP contribution in [0, 0.1) is 0 Å². The first-order chi connectivity index (χ1) is 14.6. The first-order valence-corrected chi connectivity index (χ1v) is 10.5. The largest absolute Gasteiger partial charge is 0.497 e. The lowest BCUT2D eigenvalue weighted by Gasteiger charge is -2.34. The molecule has 1 aliphatic rings. The van der Waals surface area contributed by atoms with E-state index in [2.05, 4.69) is 10.2 Å². The molecule has 0 saturated carbocycles. The van der Waals surface area contributed by atoms with Crippen molar-refractivity contribution in [2.45, 2.75) is 57.9 Å². The average Bonchev–Trinajstić information content (AvgIpc) is 3.24. The number of benzene rings is 1. The van der Waals surface area contributed by atoms with E-state index in [1.807, 2.05) is 24.3 Å². The Hall–Kier alpha value is -2.90. The van der Waals surface area contributed by atoms with Crippen LogP contribution in [0.2, 0.25) is 0 Å². The Morgan fingerprint density at radius 2 is 1.83 bits per heavy atom. The van der Waals surface area contributed by atoms with Gasteiger partial charge in [-0.25, -0.2) is 4.79 Å². The Morgan fingerprint density at radius 1 is 1.10 bits per heavy atom. The second-order valence-corrected chi connectivity index (χ2v) is 7.29. The van der Waals surface area contributed by atoms with Crippen LogP contribution in [0.4, 0.5) is 0 Å². The molecule has 2 aromatic rings. The number of esters is 1. The van der Waals surface area contributed by atoms with Gasteiger partial charge in [-0.05, 0) is 50.3 Å². The fourth-order valence-electron chi connectivity index (χ4n) is 3.60. The van der Waals surface area contributed by atoms with Gasteiger partial charge >= 0.3 is 5.97 Å². The molecule has 0 radical (unpaired) electrons. The summed E-state index contributed by atoms with van der Waals surface area (Å²) in [6, 6.07) is 7.38. The Bertz CT molecular complexity index is 834. The highest BCUT2D eigenvalue weighted by atomic mass is 16.5. The molecule has 0 bridgehead atoms. The number of hydrogen-bond donors (Lipinski definition) is 0. The van der Waals surface area contributed by atoms with Crippen LogP contribution < -0.4 is 4.74 Å². The smallest absolute Gasteiger partial charge is 0.328 e. The molecule has 1 atom stereocenters. The zero-order valence-electron chi connectivity index (χ0n) is 17.6. The van der Waals surface area contributed by atoms with Gasteiger partial charge in [0, 0.05) is 25.8 Å². The van der Waals surface area contributed by atoms with Crippen molar-refractivity contribution in [1.29, 1.82) is 0 Å². The standard InChI is InChI=1S/C22H29N3O5/c1-3-29-22(27)18-6-4-5-15-25(18)21(26)14-13-20-24-23-19(30-20)12-9-16-7-10-17(28-2)11-8-16/h7-8,10-11,18H,3-6,9,12-15H2,1-2H3. The number of nitrogens with zero attached hydrogens (tertiary/aromatic N) is 3. The number of hydrogen-bond acceptors (Lipinski definition) is 7. The number of aromatic nitrogens is 2. The van der Waals surface area contributed by atoms with Crippen LogP contribution in [0.1, 0.15) is 50.0 Å². The van der Waals surface area contributed by atoms with E-state index < -0.39 is 6.04 Å². The van der Waals surface area contributed by atoms with Gasteiger partial charge in [0.2, 0.25) is 17.7 Å². The van der Waals surface area contributed by atoms with Gasteiger partial charge in [-0.2, -0.15) is 0 Å². The molecule has 8 heteroatoms. The SMILES string of the molecule is CCOC(=O)C1CCCCN1C(=O)CCc1nnc(CCc2ccc(OC)cc2)o1. The fourth-order valence-corrected chi connectivity index (χ4v) is 3.60. The maximum absolute atomic E-state index is 12.7. The molecule has 1 saturated heterocycles. The first kappa shape index (κ1) is 21.8. The molecular weight excluding hydrogens is 386 g/mol. The lowest BCUT2D eigenvalue weighted by molar-refractivity contribution is -0.156. The van der Waals surface area contributed by atoms with Gasteiger partial charge in [0.25, 0.3) is 0 Å². The van der Waals surface area contributed by atoms with Gasteiger partial charge in [-0.1, -0.05) is 12.1 Å². The van der Waals surface area contributed by atoms with Crippen molar-refractivity contribution in [2.75, 3.05) is 20.3 Å². The summed E-state index contributed by atoms with van der Waals surface area (Å²) in [7, 11) is 1.64. The van der Waals surface area contributed by atoms with Crippen molar-refractivity contribution in [2.24, 2.45) is 0 Å². The average molecular weight is 415 g/mol. The summed E-state index contributed by atoms with van der Waals surface area (Å²) in [4.78, 5) is 26.5. The molecule has 0 aliphatic carbocycles. The van der Waals surface area contributed by atoms with Gasteiger partial charge in [0.1, 0.15) is 11.8 Å². The van der Waals surface area contributed by atoms with Gasteiger partial charge < -0.3 is 18.8 Å². The van der Waals surface area contributed by atoms with Crippen molar-refractivity contribution in [3.8, 4) is 5.75 Å². The predicted octanol–water partition coefficient (Wildman–Crippen LogP) is 2.74. The van der Waals surface area contributed by atoms with E-state index in [9.17, 15) is 9.59 Å². The van der Waals surface area contributed by atoms with Crippen LogP contribution in [0.25, 0.3) is 0 Å². The number of rotatable bonds is 9. The van der Waals surface area contributed by atoms with E-state index in [0.29, 0.717) is 44.2 Å². The van der Waals surface area contributed by atoms with Crippen molar-refractivity contribution < 1.29 is 23.5 Å². The van der Waals surface area contributed by atoms with Gasteiger partial charge in [0.05, 0.1) is 13.7 Å². The Kier molecular flexibility index (Phi) is 7.82. The summed E-state index contributed by atoms with van der Waals surface area (Å²) in [5.74, 6) is 1.42. The van der Waals surface area contributed by atoms with Crippen LogP contribution in [-0.4, -0.2) is 53.3 Å². The molecule has 3 rings (SSSR count). The van der Waals surface area contributed by atoms with Crippen LogP contribution in [-0.2, 0) is 33.6 Å². The molecule has 1 unspecified atom stereocenters. The molecule has 162 valence electrons. The third-order valence-electron chi connectivity index (χ3n) is 5.23. The highest BCUT2D eigenvalue weighted by Crippen LogP contribution is 2.20. The normalized spacial score (nSPS) is 16.3. The fraction of sp³-hybridized carbons (Fsp3) is 0.545. The number of likely N-dealkylation sites (tertiary alicyclic amines) is 1. The van der Waals surface area contributed by atoms with E-state index in [0.717, 1.165) is 30.6 Å². The lowest BCUT2D eigenvalue weighted by atomic mass is 10.0. The molecule has 2 heterocycles. The van der Waals surface area contributed by atoms with Gasteiger partial charge in [0.15, 0.2) is 0 Å². The molecule has 0 spiro atoms. The molecule has 1 amide bonds. The summed E-state index contributed by atoms with van der Waals surface area (Å²) < 4.78 is 16.0. The zero-order chi connectivity index (χ0) is 21.3. The minimum absolute atomic E-state index is 0.0780. The summed E-state index contributed by atoms with van der Waals surface area (Å²) in [6.07, 6.45) is 4.48. The minimum atomic E-state index is -0.478. The Labute approximate surface area is 176 Å². The van der Waals surface area contributed by atoms with E-state index in [1.54, 1.807) is 18.9 Å². The second kappa shape index (κ2) is 10.8. The highest BCUT2D eigenvalue weighted by Gasteiger charge is 2.32. The van der Waals surface area contributed by atoms with E-state index >= 15 is 0 Å². The molecule has 8 nitrogen and oxygen atoms in total. The van der Waals surface area contributed by atoms with Crippen LogP contribution in [0.3, 0.4) is 0 Å². The number of amides is 1. The van der Waals surface area contributed by atoms with Gasteiger partial charge in [-0.3, -0.25) is 4.79 Å². The maximum Gasteiger partial charge on any atom is 0.328 e. The lowest BCUT2D eigenvalue weighted by Crippen LogP contribution is -2.48. The maximum atomic E-state index is 12.7. The van der Waals surface area contributed by atoms with Crippen LogP contribution >= 0.6 is 0 Å². The predicted molar refractivity (Wildman–Crippen MR) is 109 cm³/mol. The van der Waals surface area contributed by atoms with Crippen LogP contribution in [0.5, 0.6) is 5.75 Å². The van der Waals surface area contributed by atoms with Crippen LogP contribution in [0.15, 0.2) is 28.7 Å². The summed E-state index contributed by atoms with van der Waals surface area (Å²) >= 11 is 0. The third kappa shape index (κ3) is 5.81. The molecule has 1 fully saturated rings. The van der Waals surface area contributed by atoms with Gasteiger partial charge in [-0.15, -0.1) is 10.2 Å². The highest BCUT2D eigenvalue weighted by molar-refractivity contribution is 5.84. The molecule has 1 aromatic carbocycles. The monoisotopic (exact) mass is 415 g/mol. The Morgan fingerprint density at radius 3 is 2.53 bits per heavy atom. The molecular formula is C22H29N3O5. The van der Waals surface area contributed by atoms with E-state index in [1.165, 1.54) is 0 Å². The molecule has 0 N–H and O–H groups in total. The van der Waals surface area contributed by atoms with Crippen molar-refractivity contribution in [3.63, 3.8) is 0 Å². The number of piperidine rings is 1. The Balaban J connectivity index is 1.49. The van der Waals surface area contributed by atoms with Crippen molar-refractivity contribution in [3.05, 3.63) is 41.6 Å². The number of carbonyl (C=O) groups excluding carboxylic acids is 2. The summed E-state index contributed by atoms with van der Waals surface area (Å²) in [6.45, 7) is 2.67. The quantitative estimate of drug-likeness (QED) is 0.581. The molecule has 30 heavy (non-hydrogen) atoms. The topological polar surface area (TPSA) is 94.8 Å². The number of methoxy groups -OCH3 is 1. The number of aryl methyl sites for hydroxylation is 3. The summed E-state index contributed by atoms with van der Waals surface area (Å²) in [5, 5.41) is 8.14. The second-order valence-electron chi connectivity index (χ2n) is 7.29. The molecule has 1 aliphatic heterocycles. The van der Waals surface area contributed by atoms with Crippen molar-refractivity contribution in [1.82, 2.24) is 15.1 Å². The third-order valence-corrected chi connectivity index (χ3v) is 5.23. The minimum Gasteiger partial charge on any atom is -0.497 e. The van der Waals surface area contributed by atoms with E-state index in [-0.39, 0.29) is 18.3 Å². The zero-order valence-corrected chi connectivity index (χ0v) is 17.6. The number of carbonyl (C=O) groups is 2. The number of ether oxygens (including phenoxy) is 2. The van der Waals surface area contributed by atoms with E-state index in [4.69, 9.17) is 13.9 Å².